The number of hydrogen-bond acceptors (Lipinski definition) is 3. The number of furan rings is 1. The molecule has 2 aromatic rings. The quantitative estimate of drug-likeness (QED) is 0.944. The summed E-state index contributed by atoms with van der Waals surface area (Å²) < 4.78 is 44.3. The Labute approximate surface area is 123 Å². The molecule has 0 spiro atoms. The highest BCUT2D eigenvalue weighted by molar-refractivity contribution is 5.91. The van der Waals surface area contributed by atoms with Crippen molar-refractivity contribution in [2.45, 2.75) is 19.6 Å². The third-order valence-electron chi connectivity index (χ3n) is 3.09. The van der Waals surface area contributed by atoms with Gasteiger partial charge in [0.25, 0.3) is 11.5 Å². The summed E-state index contributed by atoms with van der Waals surface area (Å²) >= 11 is 0. The van der Waals surface area contributed by atoms with Crippen LogP contribution in [0, 0.1) is 6.92 Å². The minimum atomic E-state index is -4.57. The van der Waals surface area contributed by atoms with E-state index in [4.69, 9.17) is 4.42 Å². The number of aryl methyl sites for hydroxylation is 1. The molecule has 118 valence electrons. The number of alkyl halides is 3. The van der Waals surface area contributed by atoms with Gasteiger partial charge in [0.1, 0.15) is 5.76 Å². The lowest BCUT2D eigenvalue weighted by Crippen LogP contribution is -2.24. The number of rotatable bonds is 3. The van der Waals surface area contributed by atoms with Crippen LogP contribution in [0.1, 0.15) is 27.6 Å². The fourth-order valence-electron chi connectivity index (χ4n) is 1.96. The van der Waals surface area contributed by atoms with Crippen LogP contribution in [0.25, 0.3) is 0 Å². The number of pyridine rings is 1. The lowest BCUT2D eigenvalue weighted by molar-refractivity contribution is -0.137. The smallest absolute Gasteiger partial charge is 0.416 e. The number of amides is 1. The second kappa shape index (κ2) is 5.70. The lowest BCUT2D eigenvalue weighted by Gasteiger charge is -2.12. The molecule has 2 rings (SSSR count). The number of aromatic nitrogens is 1. The zero-order valence-electron chi connectivity index (χ0n) is 11.8. The van der Waals surface area contributed by atoms with E-state index in [9.17, 15) is 22.8 Å². The summed E-state index contributed by atoms with van der Waals surface area (Å²) in [5.74, 6) is -0.0681. The van der Waals surface area contributed by atoms with Gasteiger partial charge in [-0.05, 0) is 25.1 Å². The van der Waals surface area contributed by atoms with Crippen molar-refractivity contribution in [1.29, 1.82) is 0 Å². The maximum Gasteiger partial charge on any atom is 0.416 e. The molecule has 22 heavy (non-hydrogen) atoms. The number of carbonyl (C=O) groups is 1. The number of halogens is 3. The van der Waals surface area contributed by atoms with Crippen molar-refractivity contribution in [2.24, 2.45) is 0 Å². The molecule has 0 saturated heterocycles. The van der Waals surface area contributed by atoms with Crippen LogP contribution in [-0.4, -0.2) is 17.5 Å². The van der Waals surface area contributed by atoms with Gasteiger partial charge in [-0.3, -0.25) is 9.59 Å². The number of hydrogen-bond donors (Lipinski definition) is 1. The Morgan fingerprint density at radius 3 is 2.55 bits per heavy atom. The first-order valence-electron chi connectivity index (χ1n) is 6.32. The molecule has 0 saturated carbocycles. The van der Waals surface area contributed by atoms with Gasteiger partial charge in [0.15, 0.2) is 5.76 Å². The molecule has 2 aromatic heterocycles. The monoisotopic (exact) mass is 314 g/mol. The Hall–Kier alpha value is -2.51. The second-order valence-electron chi connectivity index (χ2n) is 4.65. The molecule has 8 heteroatoms. The van der Waals surface area contributed by atoms with Gasteiger partial charge in [0.05, 0.1) is 12.1 Å². The summed E-state index contributed by atoms with van der Waals surface area (Å²) in [6, 6.07) is 4.35. The molecular weight excluding hydrogens is 301 g/mol. The number of nitrogens with one attached hydrogen (secondary N) is 1. The summed E-state index contributed by atoms with van der Waals surface area (Å²) in [6.45, 7) is 1.35. The molecule has 1 N–H and O–H groups in total. The normalized spacial score (nSPS) is 11.5. The average Bonchev–Trinajstić information content (AvgIpc) is 2.89. The largest absolute Gasteiger partial charge is 0.454 e. The minimum Gasteiger partial charge on any atom is -0.454 e. The lowest BCUT2D eigenvalue weighted by atomic mass is 10.2. The molecule has 0 aromatic carbocycles. The molecule has 0 aliphatic heterocycles. The van der Waals surface area contributed by atoms with Crippen molar-refractivity contribution in [3.05, 3.63) is 57.4 Å². The minimum absolute atomic E-state index is 0.0558. The molecule has 0 radical (unpaired) electrons. The molecule has 0 unspecified atom stereocenters. The van der Waals surface area contributed by atoms with E-state index in [0.29, 0.717) is 11.8 Å². The highest BCUT2D eigenvalue weighted by Gasteiger charge is 2.31. The van der Waals surface area contributed by atoms with Crippen LogP contribution in [-0.2, 0) is 12.7 Å². The zero-order chi connectivity index (χ0) is 16.5. The first-order chi connectivity index (χ1) is 10.2. The van der Waals surface area contributed by atoms with Crippen LogP contribution in [0.15, 0.2) is 33.5 Å². The second-order valence-corrected chi connectivity index (χ2v) is 4.65. The van der Waals surface area contributed by atoms with Crippen molar-refractivity contribution >= 4 is 5.91 Å². The molecule has 0 aliphatic carbocycles. The van der Waals surface area contributed by atoms with Crippen LogP contribution >= 0.6 is 0 Å². The number of nitrogens with zero attached hydrogens (tertiary/aromatic N) is 1. The van der Waals surface area contributed by atoms with E-state index in [-0.39, 0.29) is 18.0 Å². The third-order valence-corrected chi connectivity index (χ3v) is 3.09. The third kappa shape index (κ3) is 3.21. The van der Waals surface area contributed by atoms with Gasteiger partial charge >= 0.3 is 6.18 Å². The van der Waals surface area contributed by atoms with Gasteiger partial charge in [-0.15, -0.1) is 0 Å². The van der Waals surface area contributed by atoms with Crippen LogP contribution in [0.4, 0.5) is 13.2 Å². The average molecular weight is 314 g/mol. The van der Waals surface area contributed by atoms with E-state index in [1.165, 1.54) is 26.1 Å². The zero-order valence-corrected chi connectivity index (χ0v) is 11.8. The molecule has 0 aliphatic rings. The Morgan fingerprint density at radius 2 is 2.00 bits per heavy atom. The fourth-order valence-corrected chi connectivity index (χ4v) is 1.96. The fraction of sp³-hybridized carbons (Fsp3) is 0.286. The van der Waals surface area contributed by atoms with Gasteiger partial charge in [-0.2, -0.15) is 13.2 Å². The van der Waals surface area contributed by atoms with E-state index in [2.05, 4.69) is 5.32 Å². The van der Waals surface area contributed by atoms with Crippen molar-refractivity contribution in [1.82, 2.24) is 9.88 Å². The van der Waals surface area contributed by atoms with E-state index in [0.717, 1.165) is 10.6 Å². The summed E-state index contributed by atoms with van der Waals surface area (Å²) in [6.07, 6.45) is -4.57. The van der Waals surface area contributed by atoms with Gasteiger partial charge in [-0.1, -0.05) is 0 Å². The van der Waals surface area contributed by atoms with E-state index >= 15 is 0 Å². The van der Waals surface area contributed by atoms with E-state index in [1.807, 2.05) is 0 Å². The summed E-state index contributed by atoms with van der Waals surface area (Å²) in [5.41, 5.74) is -1.63. The summed E-state index contributed by atoms with van der Waals surface area (Å²) in [5, 5.41) is 2.38. The highest BCUT2D eigenvalue weighted by atomic mass is 19.4. The molecule has 2 heterocycles. The van der Waals surface area contributed by atoms with Gasteiger partial charge < -0.3 is 14.3 Å². The van der Waals surface area contributed by atoms with Gasteiger partial charge in [0, 0.05) is 18.8 Å². The maximum atomic E-state index is 12.6. The van der Waals surface area contributed by atoms with Crippen LogP contribution < -0.4 is 10.9 Å². The topological polar surface area (TPSA) is 64.2 Å². The molecule has 1 amide bonds. The van der Waals surface area contributed by atoms with Crippen LogP contribution in [0.3, 0.4) is 0 Å². The standard InChI is InChI=1S/C14H13F3N2O3/c1-8-5-9(14(15,16)17)6-12(20)19(8)7-10-3-4-11(22-10)13(21)18-2/h3-6H,7H2,1-2H3,(H,18,21). The molecular formula is C14H13F3N2O3. The Bertz CT molecular complexity index is 759. The van der Waals surface area contributed by atoms with Crippen molar-refractivity contribution in [3.63, 3.8) is 0 Å². The Morgan fingerprint density at radius 1 is 1.32 bits per heavy atom. The predicted octanol–water partition coefficient (Wildman–Crippen LogP) is 2.18. The Kier molecular flexibility index (Phi) is 4.11. The SMILES string of the molecule is CNC(=O)c1ccc(Cn2c(C)cc(C(F)(F)F)cc2=O)o1. The molecule has 0 bridgehead atoms. The molecule has 5 nitrogen and oxygen atoms in total. The Balaban J connectivity index is 2.33. The van der Waals surface area contributed by atoms with Gasteiger partial charge in [0.2, 0.25) is 0 Å². The first kappa shape index (κ1) is 15.9. The van der Waals surface area contributed by atoms with Crippen LogP contribution in [0.2, 0.25) is 0 Å². The van der Waals surface area contributed by atoms with Gasteiger partial charge in [-0.25, -0.2) is 0 Å². The maximum absolute atomic E-state index is 12.6. The van der Waals surface area contributed by atoms with Crippen molar-refractivity contribution in [3.8, 4) is 0 Å². The summed E-state index contributed by atoms with van der Waals surface area (Å²) in [4.78, 5) is 23.2. The van der Waals surface area contributed by atoms with Crippen LogP contribution in [0.5, 0.6) is 0 Å². The molecule has 0 atom stereocenters. The van der Waals surface area contributed by atoms with E-state index < -0.39 is 23.2 Å². The van der Waals surface area contributed by atoms with Crippen molar-refractivity contribution < 1.29 is 22.4 Å². The highest BCUT2D eigenvalue weighted by Crippen LogP contribution is 2.28. The van der Waals surface area contributed by atoms with E-state index in [1.54, 1.807) is 0 Å². The predicted molar refractivity (Wildman–Crippen MR) is 71.6 cm³/mol. The summed E-state index contributed by atoms with van der Waals surface area (Å²) in [7, 11) is 1.44. The molecule has 0 fully saturated rings. The first-order valence-corrected chi connectivity index (χ1v) is 6.32. The number of carbonyl (C=O) groups excluding carboxylic acids is 1. The van der Waals surface area contributed by atoms with Crippen molar-refractivity contribution in [2.75, 3.05) is 7.05 Å².